The Morgan fingerprint density at radius 3 is 1.78 bits per heavy atom. The van der Waals surface area contributed by atoms with Crippen LogP contribution in [0.5, 0.6) is 0 Å². The first kappa shape index (κ1) is 20.7. The normalized spacial score (nSPS) is 10.2. The molecular weight excluding hydrogens is 254 g/mol. The molecule has 6 heteroatoms. The molecule has 0 unspecified atom stereocenters. The second-order valence-electron chi connectivity index (χ2n) is 3.94. The van der Waals surface area contributed by atoms with Gasteiger partial charge in [-0.15, -0.1) is 0 Å². The molecule has 4 nitrogen and oxygen atoms in total. The van der Waals surface area contributed by atoms with Gasteiger partial charge in [-0.2, -0.15) is 0 Å². The largest absolute Gasteiger partial charge is 1.00 e. The molecule has 1 aromatic carbocycles. The molecule has 0 atom stereocenters. The van der Waals surface area contributed by atoms with Crippen molar-refractivity contribution >= 4 is 11.9 Å². The average molecular weight is 270 g/mol. The fourth-order valence-corrected chi connectivity index (χ4v) is 1.87. The second-order valence-corrected chi connectivity index (χ2v) is 3.94. The van der Waals surface area contributed by atoms with Crippen LogP contribution in [-0.4, -0.2) is 22.2 Å². The maximum Gasteiger partial charge on any atom is 1.00 e. The maximum atomic E-state index is 11.3. The first-order chi connectivity index (χ1) is 7.44. The molecule has 18 heavy (non-hydrogen) atoms. The molecule has 0 aliphatic rings. The number of benzene rings is 1. The Balaban J connectivity index is -0.000000320. The minimum absolute atomic E-state index is 0. The van der Waals surface area contributed by atoms with Gasteiger partial charge >= 0.3 is 82.2 Å². The third kappa shape index (κ3) is 3.70. The fraction of sp³-hybridized carbons (Fsp3) is 0.333. The topological polar surface area (TPSA) is 74.6 Å². The van der Waals surface area contributed by atoms with Crippen molar-refractivity contribution in [3.05, 3.63) is 35.9 Å². The van der Waals surface area contributed by atoms with Crippen molar-refractivity contribution in [3.63, 3.8) is 0 Å². The average Bonchev–Trinajstić information content (AvgIpc) is 2.18. The molecule has 2 N–H and O–H groups in total. The van der Waals surface area contributed by atoms with E-state index in [1.165, 1.54) is 12.1 Å². The summed E-state index contributed by atoms with van der Waals surface area (Å²) < 4.78 is 0. The first-order valence-electron chi connectivity index (χ1n) is 4.96. The molecule has 0 bridgehead atoms. The van der Waals surface area contributed by atoms with Crippen molar-refractivity contribution < 1.29 is 92.9 Å². The molecule has 1 rings (SSSR count). The van der Waals surface area contributed by atoms with Crippen LogP contribution in [0.2, 0.25) is 0 Å². The van der Waals surface area contributed by atoms with Crippen LogP contribution in [0.4, 0.5) is 0 Å². The standard InChI is InChI=1S/C12H14O4.K.Li.2H/c1-8(2)12(10(13)14,11(15)16)9-6-4-3-5-7-9;;;;/h3-8H,1-2H3,(H,13,14)(H,15,16);;;;/q;2*+1;2*-1. The predicted octanol–water partition coefficient (Wildman–Crippen LogP) is -4.02. The Kier molecular flexibility index (Phi) is 9.83. The third-order valence-electron chi connectivity index (χ3n) is 2.77. The summed E-state index contributed by atoms with van der Waals surface area (Å²) >= 11 is 0. The van der Waals surface area contributed by atoms with Gasteiger partial charge in [-0.25, -0.2) is 0 Å². The monoisotopic (exact) mass is 270 g/mol. The summed E-state index contributed by atoms with van der Waals surface area (Å²) in [6, 6.07) is 8.06. The van der Waals surface area contributed by atoms with Gasteiger partial charge in [-0.1, -0.05) is 44.2 Å². The molecule has 0 saturated carbocycles. The summed E-state index contributed by atoms with van der Waals surface area (Å²) in [5.41, 5.74) is -1.58. The second kappa shape index (κ2) is 8.54. The molecule has 0 fully saturated rings. The number of hydrogen-bond donors (Lipinski definition) is 2. The van der Waals surface area contributed by atoms with Gasteiger partial charge in [0, 0.05) is 0 Å². The van der Waals surface area contributed by atoms with E-state index in [1.54, 1.807) is 32.0 Å². The molecular formula is C12H16KLiO4. The summed E-state index contributed by atoms with van der Waals surface area (Å²) in [6.45, 7) is 3.18. The number of aliphatic carboxylic acids is 2. The van der Waals surface area contributed by atoms with Crippen LogP contribution in [-0.2, 0) is 15.0 Å². The van der Waals surface area contributed by atoms with E-state index in [2.05, 4.69) is 0 Å². The van der Waals surface area contributed by atoms with E-state index < -0.39 is 23.3 Å². The molecule has 0 aliphatic heterocycles. The Morgan fingerprint density at radius 1 is 1.11 bits per heavy atom. The number of carbonyl (C=O) groups is 2. The number of carboxylic acid groups (broad SMARTS) is 2. The van der Waals surface area contributed by atoms with Gasteiger partial charge in [-0.3, -0.25) is 9.59 Å². The molecule has 1 aromatic rings. The Bertz CT molecular complexity index is 401. The SMILES string of the molecule is CC(C)C(C(=O)O)(C(=O)O)c1ccccc1.[H-].[H-].[K+].[Li+]. The zero-order valence-electron chi connectivity index (χ0n) is 13.2. The van der Waals surface area contributed by atoms with Gasteiger partial charge in [0.25, 0.3) is 0 Å². The molecule has 90 valence electrons. The summed E-state index contributed by atoms with van der Waals surface area (Å²) in [5.74, 6) is -3.20. The van der Waals surface area contributed by atoms with Crippen LogP contribution in [0.15, 0.2) is 30.3 Å². The summed E-state index contributed by atoms with van der Waals surface area (Å²) in [4.78, 5) is 22.6. The van der Waals surface area contributed by atoms with Gasteiger partial charge in [0.15, 0.2) is 5.41 Å². The van der Waals surface area contributed by atoms with E-state index in [0.717, 1.165) is 0 Å². The fourth-order valence-electron chi connectivity index (χ4n) is 1.87. The molecule has 0 heterocycles. The van der Waals surface area contributed by atoms with Crippen LogP contribution >= 0.6 is 0 Å². The van der Waals surface area contributed by atoms with Crippen LogP contribution in [0, 0.1) is 5.92 Å². The predicted molar refractivity (Wildman–Crippen MR) is 60.5 cm³/mol. The minimum atomic E-state index is -1.87. The van der Waals surface area contributed by atoms with E-state index in [9.17, 15) is 19.8 Å². The number of hydrogen-bond acceptors (Lipinski definition) is 2. The van der Waals surface area contributed by atoms with Crippen LogP contribution in [0.3, 0.4) is 0 Å². The summed E-state index contributed by atoms with van der Waals surface area (Å²) in [6.07, 6.45) is 0. The van der Waals surface area contributed by atoms with Gasteiger partial charge in [0.05, 0.1) is 0 Å². The van der Waals surface area contributed by atoms with Crippen molar-refractivity contribution in [1.82, 2.24) is 0 Å². The number of rotatable bonds is 4. The van der Waals surface area contributed by atoms with Crippen LogP contribution < -0.4 is 70.2 Å². The molecule has 0 aromatic heterocycles. The zero-order chi connectivity index (χ0) is 12.3. The van der Waals surface area contributed by atoms with Crippen molar-refractivity contribution in [2.75, 3.05) is 0 Å². The van der Waals surface area contributed by atoms with Crippen molar-refractivity contribution in [1.29, 1.82) is 0 Å². The van der Waals surface area contributed by atoms with Crippen molar-refractivity contribution in [3.8, 4) is 0 Å². The van der Waals surface area contributed by atoms with Gasteiger partial charge in [-0.05, 0) is 11.5 Å². The minimum Gasteiger partial charge on any atom is -1.00 e. The molecule has 0 radical (unpaired) electrons. The quantitative estimate of drug-likeness (QED) is 0.432. The van der Waals surface area contributed by atoms with Gasteiger partial charge < -0.3 is 13.1 Å². The van der Waals surface area contributed by atoms with Gasteiger partial charge in [0.2, 0.25) is 0 Å². The van der Waals surface area contributed by atoms with E-state index >= 15 is 0 Å². The molecule has 0 aliphatic carbocycles. The van der Waals surface area contributed by atoms with E-state index in [4.69, 9.17) is 0 Å². The Hall–Kier alpha value is 0.394. The van der Waals surface area contributed by atoms with E-state index in [0.29, 0.717) is 5.56 Å². The van der Waals surface area contributed by atoms with E-state index in [-0.39, 0.29) is 73.1 Å². The maximum absolute atomic E-state index is 11.3. The van der Waals surface area contributed by atoms with Crippen molar-refractivity contribution in [2.45, 2.75) is 19.3 Å². The zero-order valence-corrected chi connectivity index (χ0v) is 14.3. The number of carboxylic acids is 2. The summed E-state index contributed by atoms with van der Waals surface area (Å²) in [7, 11) is 0. The first-order valence-corrected chi connectivity index (χ1v) is 4.96. The van der Waals surface area contributed by atoms with Crippen molar-refractivity contribution in [2.24, 2.45) is 5.92 Å². The third-order valence-corrected chi connectivity index (χ3v) is 2.77. The Morgan fingerprint density at radius 2 is 1.50 bits per heavy atom. The summed E-state index contributed by atoms with van der Waals surface area (Å²) in [5, 5.41) is 18.5. The van der Waals surface area contributed by atoms with Gasteiger partial charge in [0.1, 0.15) is 0 Å². The van der Waals surface area contributed by atoms with E-state index in [1.807, 2.05) is 0 Å². The van der Waals surface area contributed by atoms with Crippen LogP contribution in [0.25, 0.3) is 0 Å². The van der Waals surface area contributed by atoms with Crippen LogP contribution in [0.1, 0.15) is 22.3 Å². The molecule has 0 spiro atoms. The molecule has 0 saturated heterocycles. The smallest absolute Gasteiger partial charge is 1.00 e. The molecule has 0 amide bonds. The Labute approximate surface area is 164 Å².